The first-order chi connectivity index (χ1) is 9.62. The summed E-state index contributed by atoms with van der Waals surface area (Å²) in [5.74, 6) is 0.429. The zero-order valence-corrected chi connectivity index (χ0v) is 13.7. The molecule has 0 unspecified atom stereocenters. The number of halogens is 1. The quantitative estimate of drug-likeness (QED) is 0.820. The predicted octanol–water partition coefficient (Wildman–Crippen LogP) is 2.11. The number of fused-ring (bicyclic) bond motifs is 1. The number of imidazole rings is 1. The van der Waals surface area contributed by atoms with Gasteiger partial charge in [-0.15, -0.1) is 0 Å². The molecular weight excluding hydrogens is 288 g/mol. The van der Waals surface area contributed by atoms with E-state index in [-0.39, 0.29) is 11.2 Å². The number of benzene rings is 1. The van der Waals surface area contributed by atoms with Gasteiger partial charge in [0.2, 0.25) is 5.95 Å². The second kappa shape index (κ2) is 4.38. The smallest absolute Gasteiger partial charge is 0.399 e. The van der Waals surface area contributed by atoms with Crippen molar-refractivity contribution >= 4 is 41.2 Å². The molecule has 2 N–H and O–H groups in total. The molecular formula is C14H19BClN3O2. The first-order valence-corrected chi connectivity index (χ1v) is 7.27. The molecule has 21 heavy (non-hydrogen) atoms. The summed E-state index contributed by atoms with van der Waals surface area (Å²) in [6, 6.07) is 3.77. The number of anilines is 1. The first kappa shape index (κ1) is 14.7. The number of nitrogens with two attached hydrogens (primary N) is 1. The van der Waals surface area contributed by atoms with Crippen LogP contribution in [0, 0.1) is 0 Å². The second-order valence-corrected chi connectivity index (χ2v) is 6.89. The number of hydrogen-bond donors (Lipinski definition) is 1. The minimum absolute atomic E-state index is 0.387. The molecule has 1 aromatic carbocycles. The van der Waals surface area contributed by atoms with Gasteiger partial charge in [-0.2, -0.15) is 0 Å². The number of nitrogens with zero attached hydrogens (tertiary/aromatic N) is 2. The van der Waals surface area contributed by atoms with Gasteiger partial charge in [0.1, 0.15) is 0 Å². The fraction of sp³-hybridized carbons (Fsp3) is 0.500. The van der Waals surface area contributed by atoms with Crippen LogP contribution < -0.4 is 11.2 Å². The molecule has 1 saturated heterocycles. The summed E-state index contributed by atoms with van der Waals surface area (Å²) >= 11 is 6.37. The van der Waals surface area contributed by atoms with Crippen LogP contribution in [-0.4, -0.2) is 27.9 Å². The van der Waals surface area contributed by atoms with E-state index in [0.29, 0.717) is 11.0 Å². The first-order valence-electron chi connectivity index (χ1n) is 6.89. The molecule has 112 valence electrons. The van der Waals surface area contributed by atoms with E-state index >= 15 is 0 Å². The predicted molar refractivity (Wildman–Crippen MR) is 85.9 cm³/mol. The Balaban J connectivity index is 2.07. The van der Waals surface area contributed by atoms with E-state index in [2.05, 4.69) is 4.98 Å². The maximum absolute atomic E-state index is 6.37. The van der Waals surface area contributed by atoms with Crippen molar-refractivity contribution in [2.24, 2.45) is 7.05 Å². The molecule has 1 aliphatic rings. The van der Waals surface area contributed by atoms with Crippen molar-refractivity contribution in [2.45, 2.75) is 38.9 Å². The van der Waals surface area contributed by atoms with E-state index < -0.39 is 7.12 Å². The Labute approximate surface area is 129 Å². The summed E-state index contributed by atoms with van der Waals surface area (Å²) in [6.45, 7) is 8.08. The van der Waals surface area contributed by atoms with Crippen LogP contribution in [-0.2, 0) is 16.4 Å². The van der Waals surface area contributed by atoms with E-state index in [4.69, 9.17) is 26.6 Å². The van der Waals surface area contributed by atoms with Crippen molar-refractivity contribution in [3.63, 3.8) is 0 Å². The van der Waals surface area contributed by atoms with Crippen LogP contribution in [0.15, 0.2) is 12.1 Å². The van der Waals surface area contributed by atoms with Gasteiger partial charge in [0.15, 0.2) is 0 Å². The lowest BCUT2D eigenvalue weighted by Gasteiger charge is -2.32. The highest BCUT2D eigenvalue weighted by Crippen LogP contribution is 2.37. The summed E-state index contributed by atoms with van der Waals surface area (Å²) in [5, 5.41) is 0.587. The van der Waals surface area contributed by atoms with Gasteiger partial charge in [0, 0.05) is 7.05 Å². The van der Waals surface area contributed by atoms with Crippen LogP contribution >= 0.6 is 11.6 Å². The second-order valence-electron chi connectivity index (χ2n) is 6.49. The molecule has 2 aromatic rings. The minimum atomic E-state index is -0.458. The van der Waals surface area contributed by atoms with Crippen LogP contribution in [0.5, 0.6) is 0 Å². The monoisotopic (exact) mass is 307 g/mol. The maximum atomic E-state index is 6.37. The highest BCUT2D eigenvalue weighted by atomic mass is 35.5. The van der Waals surface area contributed by atoms with Gasteiger partial charge in [-0.25, -0.2) is 4.98 Å². The molecule has 1 fully saturated rings. The molecule has 1 aliphatic heterocycles. The molecule has 7 heteroatoms. The molecule has 1 aromatic heterocycles. The third-order valence-electron chi connectivity index (χ3n) is 4.51. The van der Waals surface area contributed by atoms with E-state index in [0.717, 1.165) is 16.5 Å². The van der Waals surface area contributed by atoms with Crippen LogP contribution in [0.4, 0.5) is 5.95 Å². The summed E-state index contributed by atoms with van der Waals surface area (Å²) in [6.07, 6.45) is 0. The van der Waals surface area contributed by atoms with Gasteiger partial charge in [0.05, 0.1) is 27.3 Å². The molecule has 0 bridgehead atoms. The van der Waals surface area contributed by atoms with Crippen LogP contribution in [0.3, 0.4) is 0 Å². The Morgan fingerprint density at radius 3 is 2.33 bits per heavy atom. The third kappa shape index (κ3) is 2.13. The van der Waals surface area contributed by atoms with Gasteiger partial charge in [-0.05, 0) is 45.3 Å². The van der Waals surface area contributed by atoms with Crippen molar-refractivity contribution in [1.29, 1.82) is 0 Å². The van der Waals surface area contributed by atoms with Crippen molar-refractivity contribution in [1.82, 2.24) is 9.55 Å². The molecule has 0 amide bonds. The average Bonchev–Trinajstić information content (AvgIpc) is 2.74. The maximum Gasteiger partial charge on any atom is 0.494 e. The Kier molecular flexibility index (Phi) is 3.07. The fourth-order valence-electron chi connectivity index (χ4n) is 2.45. The number of hydrogen-bond acceptors (Lipinski definition) is 4. The SMILES string of the molecule is Cn1c(N)nc2cc(B3OC(C)(C)C(C)(C)O3)cc(Cl)c21. The third-order valence-corrected chi connectivity index (χ3v) is 4.79. The molecule has 0 spiro atoms. The zero-order chi connectivity index (χ0) is 15.6. The lowest BCUT2D eigenvalue weighted by atomic mass is 9.79. The summed E-state index contributed by atoms with van der Waals surface area (Å²) in [5.41, 5.74) is 7.48. The Hall–Kier alpha value is -1.24. The molecule has 3 rings (SSSR count). The van der Waals surface area contributed by atoms with Crippen LogP contribution in [0.25, 0.3) is 11.0 Å². The summed E-state index contributed by atoms with van der Waals surface area (Å²) < 4.78 is 13.9. The minimum Gasteiger partial charge on any atom is -0.399 e. The zero-order valence-electron chi connectivity index (χ0n) is 12.9. The van der Waals surface area contributed by atoms with Crippen LogP contribution in [0.2, 0.25) is 5.02 Å². The van der Waals surface area contributed by atoms with E-state index in [1.807, 2.05) is 46.9 Å². The number of aryl methyl sites for hydroxylation is 1. The number of aromatic nitrogens is 2. The van der Waals surface area contributed by atoms with Crippen molar-refractivity contribution < 1.29 is 9.31 Å². The highest BCUT2D eigenvalue weighted by molar-refractivity contribution is 6.62. The fourth-order valence-corrected chi connectivity index (χ4v) is 2.80. The average molecular weight is 308 g/mol. The van der Waals surface area contributed by atoms with Gasteiger partial charge >= 0.3 is 7.12 Å². The molecule has 0 radical (unpaired) electrons. The van der Waals surface area contributed by atoms with Crippen molar-refractivity contribution in [3.8, 4) is 0 Å². The summed E-state index contributed by atoms with van der Waals surface area (Å²) in [4.78, 5) is 4.32. The summed E-state index contributed by atoms with van der Waals surface area (Å²) in [7, 11) is 1.38. The van der Waals surface area contributed by atoms with Gasteiger partial charge < -0.3 is 19.6 Å². The highest BCUT2D eigenvalue weighted by Gasteiger charge is 2.51. The van der Waals surface area contributed by atoms with E-state index in [1.165, 1.54) is 0 Å². The largest absolute Gasteiger partial charge is 0.494 e. The topological polar surface area (TPSA) is 62.3 Å². The van der Waals surface area contributed by atoms with Crippen LogP contribution in [0.1, 0.15) is 27.7 Å². The lowest BCUT2D eigenvalue weighted by Crippen LogP contribution is -2.41. The Bertz CT molecular complexity index is 711. The van der Waals surface area contributed by atoms with E-state index in [9.17, 15) is 0 Å². The molecule has 5 nitrogen and oxygen atoms in total. The van der Waals surface area contributed by atoms with Crippen molar-refractivity contribution in [2.75, 3.05) is 5.73 Å². The normalized spacial score (nSPS) is 20.4. The molecule has 0 saturated carbocycles. The number of nitrogen functional groups attached to an aromatic ring is 1. The van der Waals surface area contributed by atoms with Gasteiger partial charge in [-0.1, -0.05) is 11.6 Å². The molecule has 2 heterocycles. The molecule has 0 aliphatic carbocycles. The lowest BCUT2D eigenvalue weighted by molar-refractivity contribution is 0.00578. The Morgan fingerprint density at radius 1 is 1.19 bits per heavy atom. The number of rotatable bonds is 1. The standard InChI is InChI=1S/C14H19BClN3O2/c1-13(2)14(3,4)21-15(20-13)8-6-9(16)11-10(7-8)18-12(17)19(11)5/h6-7H,1-5H3,(H2,17,18). The van der Waals surface area contributed by atoms with E-state index in [1.54, 1.807) is 4.57 Å². The van der Waals surface area contributed by atoms with Crippen molar-refractivity contribution in [3.05, 3.63) is 17.2 Å². The van der Waals surface area contributed by atoms with Gasteiger partial charge in [-0.3, -0.25) is 0 Å². The Morgan fingerprint density at radius 2 is 1.76 bits per heavy atom. The van der Waals surface area contributed by atoms with Gasteiger partial charge in [0.25, 0.3) is 0 Å². The molecule has 0 atom stereocenters.